The maximum atomic E-state index is 6.38. The molecule has 0 saturated carbocycles. The molecule has 0 aliphatic carbocycles. The van der Waals surface area contributed by atoms with E-state index < -0.39 is 0 Å². The Kier molecular flexibility index (Phi) is 5.54. The first kappa shape index (κ1) is 24.7. The predicted molar refractivity (Wildman–Crippen MR) is 183 cm³/mol. The van der Waals surface area contributed by atoms with Crippen LogP contribution in [0, 0.1) is 0 Å². The van der Waals surface area contributed by atoms with E-state index in [9.17, 15) is 0 Å². The summed E-state index contributed by atoms with van der Waals surface area (Å²) in [5, 5.41) is 4.34. The molecule has 2 aromatic heterocycles. The highest BCUT2D eigenvalue weighted by molar-refractivity contribution is 6.19. The van der Waals surface area contributed by atoms with Gasteiger partial charge in [0.15, 0.2) is 11.2 Å². The average Bonchev–Trinajstić information content (AvgIpc) is 3.67. The maximum Gasteiger partial charge on any atom is 0.178 e. The molecule has 0 unspecified atom stereocenters. The molecule has 0 atom stereocenters. The Balaban J connectivity index is 1.10. The fourth-order valence-electron chi connectivity index (χ4n) is 6.46. The fourth-order valence-corrected chi connectivity index (χ4v) is 6.46. The second kappa shape index (κ2) is 9.86. The molecule has 206 valence electrons. The van der Waals surface area contributed by atoms with Crippen LogP contribution in [-0.2, 0) is 0 Å². The maximum absolute atomic E-state index is 6.38. The number of benzene rings is 7. The molecule has 0 bridgehead atoms. The first-order chi connectivity index (χ1) is 21.8. The van der Waals surface area contributed by atoms with Crippen LogP contribution in [0.3, 0.4) is 0 Å². The molecular weight excluding hydrogens is 536 g/mol. The highest BCUT2D eigenvalue weighted by Crippen LogP contribution is 2.40. The Morgan fingerprint density at radius 1 is 0.250 bits per heavy atom. The molecule has 7 aromatic carbocycles. The van der Waals surface area contributed by atoms with Gasteiger partial charge >= 0.3 is 0 Å². The Bertz CT molecular complexity index is 2490. The molecule has 0 spiro atoms. The summed E-state index contributed by atoms with van der Waals surface area (Å²) in [5.74, 6) is 0. The second-order valence-corrected chi connectivity index (χ2v) is 11.3. The van der Waals surface area contributed by atoms with Crippen LogP contribution in [0.4, 0.5) is 0 Å². The summed E-state index contributed by atoms with van der Waals surface area (Å²) in [6.07, 6.45) is 0. The standard InChI is InChI=1S/C42H26O2/c1-2-9-27(10-3-1)28-11-6-12-29(23-28)30-13-7-14-31(24-30)32-15-8-16-33(25-32)34-19-22-40-38(26-34)37-21-20-36-35-17-4-5-18-39(35)43-41(36)42(37)44-40/h1-26H. The van der Waals surface area contributed by atoms with E-state index in [1.165, 1.54) is 38.9 Å². The number of para-hydroxylation sites is 1. The highest BCUT2D eigenvalue weighted by atomic mass is 16.4. The zero-order valence-electron chi connectivity index (χ0n) is 23.8. The quantitative estimate of drug-likeness (QED) is 0.213. The van der Waals surface area contributed by atoms with Gasteiger partial charge in [0.25, 0.3) is 0 Å². The highest BCUT2D eigenvalue weighted by Gasteiger charge is 2.16. The largest absolute Gasteiger partial charge is 0.452 e. The van der Waals surface area contributed by atoms with Gasteiger partial charge in [0.2, 0.25) is 0 Å². The van der Waals surface area contributed by atoms with E-state index >= 15 is 0 Å². The molecule has 9 rings (SSSR count). The SMILES string of the molecule is c1ccc(-c2cccc(-c3cccc(-c4cccc(-c5ccc6oc7c(ccc8c9ccccc9oc87)c6c5)c4)c3)c2)cc1. The van der Waals surface area contributed by atoms with E-state index in [2.05, 4.69) is 140 Å². The van der Waals surface area contributed by atoms with E-state index in [1.54, 1.807) is 0 Å². The molecule has 2 heteroatoms. The third kappa shape index (κ3) is 4.04. The third-order valence-corrected chi connectivity index (χ3v) is 8.68. The molecule has 0 fully saturated rings. The van der Waals surface area contributed by atoms with E-state index in [1.807, 2.05) is 18.2 Å². The fraction of sp³-hybridized carbons (Fsp3) is 0. The normalized spacial score (nSPS) is 11.6. The Morgan fingerprint density at radius 2 is 0.682 bits per heavy atom. The summed E-state index contributed by atoms with van der Waals surface area (Å²) in [6, 6.07) is 55.8. The first-order valence-corrected chi connectivity index (χ1v) is 14.9. The molecule has 44 heavy (non-hydrogen) atoms. The van der Waals surface area contributed by atoms with Crippen molar-refractivity contribution in [3.8, 4) is 44.5 Å². The Hall–Kier alpha value is -5.86. The van der Waals surface area contributed by atoms with Crippen molar-refractivity contribution in [2.45, 2.75) is 0 Å². The van der Waals surface area contributed by atoms with Crippen molar-refractivity contribution < 1.29 is 8.83 Å². The number of rotatable bonds is 4. The number of fused-ring (bicyclic) bond motifs is 7. The van der Waals surface area contributed by atoms with E-state index in [0.717, 1.165) is 49.4 Å². The molecule has 0 saturated heterocycles. The lowest BCUT2D eigenvalue weighted by Gasteiger charge is -2.10. The van der Waals surface area contributed by atoms with Crippen LogP contribution in [0.15, 0.2) is 167 Å². The monoisotopic (exact) mass is 562 g/mol. The van der Waals surface area contributed by atoms with Crippen molar-refractivity contribution in [1.82, 2.24) is 0 Å². The van der Waals surface area contributed by atoms with Crippen molar-refractivity contribution in [2.75, 3.05) is 0 Å². The van der Waals surface area contributed by atoms with Crippen LogP contribution in [0.1, 0.15) is 0 Å². The van der Waals surface area contributed by atoms with Crippen molar-refractivity contribution >= 4 is 43.9 Å². The van der Waals surface area contributed by atoms with Crippen molar-refractivity contribution in [2.24, 2.45) is 0 Å². The minimum absolute atomic E-state index is 0.799. The zero-order chi connectivity index (χ0) is 29.0. The average molecular weight is 563 g/mol. The van der Waals surface area contributed by atoms with Gasteiger partial charge in [-0.2, -0.15) is 0 Å². The summed E-state index contributed by atoms with van der Waals surface area (Å²) < 4.78 is 12.6. The molecule has 0 aliphatic heterocycles. The van der Waals surface area contributed by atoms with Crippen molar-refractivity contribution in [1.29, 1.82) is 0 Å². The van der Waals surface area contributed by atoms with Gasteiger partial charge < -0.3 is 8.83 Å². The van der Waals surface area contributed by atoms with Gasteiger partial charge in [-0.3, -0.25) is 0 Å². The number of furan rings is 2. The van der Waals surface area contributed by atoms with Gasteiger partial charge in [-0.15, -0.1) is 0 Å². The minimum Gasteiger partial charge on any atom is -0.452 e. The molecule has 0 N–H and O–H groups in total. The molecule has 2 nitrogen and oxygen atoms in total. The van der Waals surface area contributed by atoms with E-state index in [-0.39, 0.29) is 0 Å². The van der Waals surface area contributed by atoms with Gasteiger partial charge in [-0.05, 0) is 93.0 Å². The van der Waals surface area contributed by atoms with Gasteiger partial charge in [-0.25, -0.2) is 0 Å². The minimum atomic E-state index is 0.799. The molecule has 9 aromatic rings. The Labute approximate surface area is 254 Å². The van der Waals surface area contributed by atoms with Crippen LogP contribution in [0.25, 0.3) is 88.4 Å². The molecule has 2 heterocycles. The third-order valence-electron chi connectivity index (χ3n) is 8.68. The van der Waals surface area contributed by atoms with E-state index in [0.29, 0.717) is 0 Å². The van der Waals surface area contributed by atoms with Gasteiger partial charge in [0.05, 0.1) is 0 Å². The van der Waals surface area contributed by atoms with Crippen molar-refractivity contribution in [3.05, 3.63) is 158 Å². The number of hydrogen-bond donors (Lipinski definition) is 0. The van der Waals surface area contributed by atoms with Crippen LogP contribution < -0.4 is 0 Å². The van der Waals surface area contributed by atoms with E-state index in [4.69, 9.17) is 8.83 Å². The second-order valence-electron chi connectivity index (χ2n) is 11.3. The summed E-state index contributed by atoms with van der Waals surface area (Å²) >= 11 is 0. The van der Waals surface area contributed by atoms with Crippen LogP contribution in [0.2, 0.25) is 0 Å². The van der Waals surface area contributed by atoms with Crippen LogP contribution in [-0.4, -0.2) is 0 Å². The van der Waals surface area contributed by atoms with Gasteiger partial charge in [0, 0.05) is 21.5 Å². The zero-order valence-corrected chi connectivity index (χ0v) is 23.8. The van der Waals surface area contributed by atoms with Gasteiger partial charge in [0.1, 0.15) is 11.2 Å². The summed E-state index contributed by atoms with van der Waals surface area (Å²) in [7, 11) is 0. The van der Waals surface area contributed by atoms with Crippen LogP contribution in [0.5, 0.6) is 0 Å². The lowest BCUT2D eigenvalue weighted by Crippen LogP contribution is -1.84. The molecule has 0 amide bonds. The van der Waals surface area contributed by atoms with Gasteiger partial charge in [-0.1, -0.05) is 109 Å². The predicted octanol–water partition coefficient (Wildman–Crippen LogP) is 12.2. The smallest absolute Gasteiger partial charge is 0.178 e. The Morgan fingerprint density at radius 3 is 1.27 bits per heavy atom. The topological polar surface area (TPSA) is 26.3 Å². The molecular formula is C42H26O2. The van der Waals surface area contributed by atoms with Crippen LogP contribution >= 0.6 is 0 Å². The first-order valence-electron chi connectivity index (χ1n) is 14.9. The lowest BCUT2D eigenvalue weighted by atomic mass is 9.94. The van der Waals surface area contributed by atoms with Crippen molar-refractivity contribution in [3.63, 3.8) is 0 Å². The molecule has 0 radical (unpaired) electrons. The summed E-state index contributed by atoms with van der Waals surface area (Å²) in [4.78, 5) is 0. The molecule has 0 aliphatic rings. The summed E-state index contributed by atoms with van der Waals surface area (Å²) in [6.45, 7) is 0. The summed E-state index contributed by atoms with van der Waals surface area (Å²) in [5.41, 5.74) is 12.9. The lowest BCUT2D eigenvalue weighted by molar-refractivity contribution is 0.633. The number of hydrogen-bond acceptors (Lipinski definition) is 2.